The maximum atomic E-state index is 10.8. The lowest BCUT2D eigenvalue weighted by molar-refractivity contribution is -0.112. The Kier molecular flexibility index (Phi) is 3.51. The van der Waals surface area contributed by atoms with E-state index in [9.17, 15) is 4.79 Å². The van der Waals surface area contributed by atoms with Crippen molar-refractivity contribution < 1.29 is 9.21 Å². The van der Waals surface area contributed by atoms with E-state index < -0.39 is 0 Å². The van der Waals surface area contributed by atoms with Crippen LogP contribution in [-0.4, -0.2) is 5.78 Å². The van der Waals surface area contributed by atoms with Crippen molar-refractivity contribution in [2.24, 2.45) is 0 Å². The van der Waals surface area contributed by atoms with Crippen LogP contribution in [0.3, 0.4) is 0 Å². The molecule has 0 saturated carbocycles. The quantitative estimate of drug-likeness (QED) is 0.707. The molecule has 0 radical (unpaired) electrons. The summed E-state index contributed by atoms with van der Waals surface area (Å²) in [5.74, 6) is 1.98. The molecule has 82 valence electrons. The van der Waals surface area contributed by atoms with E-state index >= 15 is 0 Å². The molecule has 0 bridgehead atoms. The monoisotopic (exact) mass is 206 g/mol. The zero-order valence-corrected chi connectivity index (χ0v) is 9.83. The van der Waals surface area contributed by atoms with Crippen molar-refractivity contribution in [3.8, 4) is 0 Å². The Morgan fingerprint density at radius 1 is 1.47 bits per heavy atom. The topological polar surface area (TPSA) is 30.2 Å². The molecule has 0 aliphatic heterocycles. The molecule has 0 spiro atoms. The van der Waals surface area contributed by atoms with Crippen LogP contribution >= 0.6 is 0 Å². The van der Waals surface area contributed by atoms with Crippen LogP contribution in [0, 0.1) is 6.92 Å². The number of furan rings is 1. The number of allylic oxidation sites excluding steroid dienone is 2. The summed E-state index contributed by atoms with van der Waals surface area (Å²) < 4.78 is 5.59. The first-order valence-corrected chi connectivity index (χ1v) is 5.16. The molecule has 1 aromatic heterocycles. The number of ketones is 1. The van der Waals surface area contributed by atoms with E-state index in [-0.39, 0.29) is 11.2 Å². The van der Waals surface area contributed by atoms with Crippen molar-refractivity contribution in [3.63, 3.8) is 0 Å². The van der Waals surface area contributed by atoms with Crippen molar-refractivity contribution in [3.05, 3.63) is 35.8 Å². The molecule has 15 heavy (non-hydrogen) atoms. The summed E-state index contributed by atoms with van der Waals surface area (Å²) in [4.78, 5) is 10.8. The van der Waals surface area contributed by atoms with E-state index in [1.165, 1.54) is 0 Å². The van der Waals surface area contributed by atoms with Gasteiger partial charge in [0.25, 0.3) is 0 Å². The summed E-state index contributed by atoms with van der Waals surface area (Å²) in [7, 11) is 0. The van der Waals surface area contributed by atoms with Gasteiger partial charge in [-0.1, -0.05) is 19.9 Å². The van der Waals surface area contributed by atoms with E-state index in [4.69, 9.17) is 4.42 Å². The molecule has 1 heterocycles. The SMILES string of the molecule is CC(=O)/C=C/CC(C)(C)c1ccc(C)o1. The molecule has 1 aromatic rings. The third-order valence-electron chi connectivity index (χ3n) is 2.39. The van der Waals surface area contributed by atoms with E-state index in [0.29, 0.717) is 0 Å². The van der Waals surface area contributed by atoms with Gasteiger partial charge in [0.1, 0.15) is 11.5 Å². The first kappa shape index (κ1) is 11.8. The van der Waals surface area contributed by atoms with Crippen molar-refractivity contribution in [1.29, 1.82) is 0 Å². The average molecular weight is 206 g/mol. The van der Waals surface area contributed by atoms with Gasteiger partial charge < -0.3 is 4.42 Å². The van der Waals surface area contributed by atoms with Gasteiger partial charge in [-0.05, 0) is 38.5 Å². The Balaban J connectivity index is 2.71. The molecule has 0 aromatic carbocycles. The minimum Gasteiger partial charge on any atom is -0.466 e. The summed E-state index contributed by atoms with van der Waals surface area (Å²) in [6.45, 7) is 7.71. The van der Waals surface area contributed by atoms with Crippen molar-refractivity contribution in [2.45, 2.75) is 39.5 Å². The molecule has 0 fully saturated rings. The third-order valence-corrected chi connectivity index (χ3v) is 2.39. The Hall–Kier alpha value is -1.31. The molecule has 0 N–H and O–H groups in total. The van der Waals surface area contributed by atoms with Crippen molar-refractivity contribution >= 4 is 5.78 Å². The number of aryl methyl sites for hydroxylation is 1. The van der Waals surface area contributed by atoms with Gasteiger partial charge in [0.05, 0.1) is 0 Å². The number of rotatable bonds is 4. The van der Waals surface area contributed by atoms with Gasteiger partial charge in [-0.3, -0.25) is 4.79 Å². The summed E-state index contributed by atoms with van der Waals surface area (Å²) >= 11 is 0. The normalized spacial score (nSPS) is 12.3. The maximum Gasteiger partial charge on any atom is 0.152 e. The summed E-state index contributed by atoms with van der Waals surface area (Å²) in [5.41, 5.74) is -0.0553. The molecule has 1 rings (SSSR count). The zero-order chi connectivity index (χ0) is 11.5. The van der Waals surface area contributed by atoms with Crippen molar-refractivity contribution in [1.82, 2.24) is 0 Å². The fraction of sp³-hybridized carbons (Fsp3) is 0.462. The fourth-order valence-corrected chi connectivity index (χ4v) is 1.42. The molecular formula is C13H18O2. The Morgan fingerprint density at radius 3 is 2.60 bits per heavy atom. The van der Waals surface area contributed by atoms with E-state index in [1.807, 2.05) is 25.1 Å². The standard InChI is InChI=1S/C13H18O2/c1-10(14)6-5-9-13(3,4)12-8-7-11(2)15-12/h5-8H,9H2,1-4H3/b6-5+. The van der Waals surface area contributed by atoms with Crippen LogP contribution in [0.4, 0.5) is 0 Å². The number of carbonyl (C=O) groups is 1. The van der Waals surface area contributed by atoms with Gasteiger partial charge in [0.2, 0.25) is 0 Å². The highest BCUT2D eigenvalue weighted by Crippen LogP contribution is 2.28. The Labute approximate surface area is 91.0 Å². The summed E-state index contributed by atoms with van der Waals surface area (Å²) in [5, 5.41) is 0. The highest BCUT2D eigenvalue weighted by molar-refractivity contribution is 5.87. The molecule has 0 amide bonds. The predicted molar refractivity (Wildman–Crippen MR) is 60.9 cm³/mol. The zero-order valence-electron chi connectivity index (χ0n) is 9.83. The van der Waals surface area contributed by atoms with Gasteiger partial charge in [-0.15, -0.1) is 0 Å². The van der Waals surface area contributed by atoms with Gasteiger partial charge in [-0.25, -0.2) is 0 Å². The predicted octanol–water partition coefficient (Wildman–Crippen LogP) is 3.40. The molecule has 0 unspecified atom stereocenters. The van der Waals surface area contributed by atoms with Gasteiger partial charge >= 0.3 is 0 Å². The summed E-state index contributed by atoms with van der Waals surface area (Å²) in [6, 6.07) is 3.96. The van der Waals surface area contributed by atoms with Gasteiger partial charge in [-0.2, -0.15) is 0 Å². The molecule has 0 aliphatic carbocycles. The Morgan fingerprint density at radius 2 is 2.13 bits per heavy atom. The molecule has 0 aliphatic rings. The van der Waals surface area contributed by atoms with Crippen LogP contribution in [0.25, 0.3) is 0 Å². The minimum absolute atomic E-state index is 0.0553. The lowest BCUT2D eigenvalue weighted by Crippen LogP contribution is -2.14. The van der Waals surface area contributed by atoms with E-state index in [1.54, 1.807) is 13.0 Å². The molecule has 2 heteroatoms. The molecular weight excluding hydrogens is 188 g/mol. The first-order valence-electron chi connectivity index (χ1n) is 5.16. The van der Waals surface area contributed by atoms with Crippen LogP contribution in [0.15, 0.2) is 28.7 Å². The third kappa shape index (κ3) is 3.39. The van der Waals surface area contributed by atoms with Crippen LogP contribution in [-0.2, 0) is 10.2 Å². The molecule has 0 atom stereocenters. The molecule has 2 nitrogen and oxygen atoms in total. The second-order valence-corrected chi connectivity index (χ2v) is 4.51. The summed E-state index contributed by atoms with van der Waals surface area (Å²) in [6.07, 6.45) is 4.32. The second-order valence-electron chi connectivity index (χ2n) is 4.51. The lowest BCUT2D eigenvalue weighted by atomic mass is 9.86. The van der Waals surface area contributed by atoms with E-state index in [2.05, 4.69) is 13.8 Å². The smallest absolute Gasteiger partial charge is 0.152 e. The van der Waals surface area contributed by atoms with Gasteiger partial charge in [0.15, 0.2) is 5.78 Å². The van der Waals surface area contributed by atoms with Crippen LogP contribution in [0.1, 0.15) is 38.7 Å². The Bertz CT molecular complexity index is 370. The highest BCUT2D eigenvalue weighted by Gasteiger charge is 2.22. The number of carbonyl (C=O) groups excluding carboxylic acids is 1. The average Bonchev–Trinajstić information content (AvgIpc) is 2.51. The van der Waals surface area contributed by atoms with Gasteiger partial charge in [0, 0.05) is 5.41 Å². The molecule has 0 saturated heterocycles. The number of hydrogen-bond acceptors (Lipinski definition) is 2. The maximum absolute atomic E-state index is 10.8. The first-order chi connectivity index (χ1) is 6.92. The van der Waals surface area contributed by atoms with Crippen LogP contribution < -0.4 is 0 Å². The van der Waals surface area contributed by atoms with Crippen LogP contribution in [0.5, 0.6) is 0 Å². The van der Waals surface area contributed by atoms with Crippen LogP contribution in [0.2, 0.25) is 0 Å². The van der Waals surface area contributed by atoms with E-state index in [0.717, 1.165) is 17.9 Å². The minimum atomic E-state index is -0.0553. The second kappa shape index (κ2) is 4.47. The van der Waals surface area contributed by atoms with Crippen molar-refractivity contribution in [2.75, 3.05) is 0 Å². The largest absolute Gasteiger partial charge is 0.466 e. The fourth-order valence-electron chi connectivity index (χ4n) is 1.42. The number of hydrogen-bond donors (Lipinski definition) is 0. The lowest BCUT2D eigenvalue weighted by Gasteiger charge is -2.19. The highest BCUT2D eigenvalue weighted by atomic mass is 16.3.